The Labute approximate surface area is 113 Å². The minimum Gasteiger partial charge on any atom is -0.463 e. The zero-order valence-electron chi connectivity index (χ0n) is 11.1. The van der Waals surface area contributed by atoms with Crippen LogP contribution >= 0.6 is 0 Å². The number of carbonyl (C=O) groups is 1. The van der Waals surface area contributed by atoms with Gasteiger partial charge in [-0.2, -0.15) is 0 Å². The lowest BCUT2D eigenvalue weighted by Crippen LogP contribution is -2.14. The van der Waals surface area contributed by atoms with Gasteiger partial charge >= 0.3 is 5.97 Å². The summed E-state index contributed by atoms with van der Waals surface area (Å²) in [5.74, 6) is -0.389. The van der Waals surface area contributed by atoms with E-state index in [1.165, 1.54) is 6.08 Å². The average Bonchev–Trinajstić information content (AvgIpc) is 2.40. The van der Waals surface area contributed by atoms with Gasteiger partial charge in [-0.1, -0.05) is 36.4 Å². The Morgan fingerprint density at radius 3 is 2.79 bits per heavy atom. The van der Waals surface area contributed by atoms with E-state index < -0.39 is 6.10 Å². The highest BCUT2D eigenvalue weighted by molar-refractivity contribution is 5.81. The van der Waals surface area contributed by atoms with Crippen molar-refractivity contribution in [3.05, 3.63) is 48.0 Å². The van der Waals surface area contributed by atoms with Gasteiger partial charge < -0.3 is 14.6 Å². The molecule has 1 aromatic rings. The number of aliphatic hydroxyl groups is 1. The first kappa shape index (κ1) is 15.4. The topological polar surface area (TPSA) is 55.8 Å². The minimum atomic E-state index is -0.616. The Balaban J connectivity index is 2.14. The van der Waals surface area contributed by atoms with Crippen LogP contribution < -0.4 is 0 Å². The third-order valence-corrected chi connectivity index (χ3v) is 2.37. The molecule has 0 spiro atoms. The van der Waals surface area contributed by atoms with Gasteiger partial charge in [-0.3, -0.25) is 0 Å². The molecule has 1 unspecified atom stereocenters. The number of hydrogen-bond donors (Lipinski definition) is 1. The summed E-state index contributed by atoms with van der Waals surface area (Å²) in [6, 6.07) is 9.76. The molecule has 1 atom stereocenters. The first-order valence-corrected chi connectivity index (χ1v) is 6.35. The second kappa shape index (κ2) is 9.30. The predicted molar refractivity (Wildman–Crippen MR) is 72.5 cm³/mol. The van der Waals surface area contributed by atoms with Crippen molar-refractivity contribution in [1.29, 1.82) is 0 Å². The fraction of sp³-hybridized carbons (Fsp3) is 0.400. The fourth-order valence-electron chi connectivity index (χ4n) is 1.47. The molecule has 0 aliphatic carbocycles. The van der Waals surface area contributed by atoms with Crippen LogP contribution in [0.5, 0.6) is 0 Å². The van der Waals surface area contributed by atoms with Crippen LogP contribution in [-0.4, -0.2) is 30.4 Å². The van der Waals surface area contributed by atoms with Gasteiger partial charge in [-0.15, -0.1) is 0 Å². The molecule has 1 rings (SSSR count). The molecule has 0 saturated heterocycles. The van der Waals surface area contributed by atoms with E-state index in [4.69, 9.17) is 9.47 Å². The van der Waals surface area contributed by atoms with Crippen LogP contribution in [0, 0.1) is 0 Å². The maximum Gasteiger partial charge on any atom is 0.330 e. The molecule has 0 heterocycles. The second-order valence-electron chi connectivity index (χ2n) is 4.04. The zero-order chi connectivity index (χ0) is 13.9. The van der Waals surface area contributed by atoms with E-state index in [1.54, 1.807) is 13.0 Å². The van der Waals surface area contributed by atoms with Crippen molar-refractivity contribution < 1.29 is 19.4 Å². The molecule has 0 aliphatic heterocycles. The van der Waals surface area contributed by atoms with Gasteiger partial charge in [-0.25, -0.2) is 4.79 Å². The summed E-state index contributed by atoms with van der Waals surface area (Å²) >= 11 is 0. The highest BCUT2D eigenvalue weighted by atomic mass is 16.5. The molecule has 0 aromatic heterocycles. The summed E-state index contributed by atoms with van der Waals surface area (Å²) in [6.07, 6.45) is 2.67. The number of benzene rings is 1. The highest BCUT2D eigenvalue weighted by Crippen LogP contribution is 2.02. The van der Waals surface area contributed by atoms with Crippen LogP contribution in [0.15, 0.2) is 42.5 Å². The Hall–Kier alpha value is -1.65. The summed E-state index contributed by atoms with van der Waals surface area (Å²) in [5, 5.41) is 9.64. The molecule has 0 bridgehead atoms. The lowest BCUT2D eigenvalue weighted by Gasteiger charge is -2.09. The Bertz CT molecular complexity index is 386. The first-order valence-electron chi connectivity index (χ1n) is 6.35. The molecule has 0 saturated carbocycles. The van der Waals surface area contributed by atoms with E-state index in [0.29, 0.717) is 19.6 Å². The first-order chi connectivity index (χ1) is 9.22. The van der Waals surface area contributed by atoms with Crippen molar-refractivity contribution in [2.24, 2.45) is 0 Å². The quantitative estimate of drug-likeness (QED) is 0.577. The van der Waals surface area contributed by atoms with Gasteiger partial charge in [0.25, 0.3) is 0 Å². The predicted octanol–water partition coefficient (Wildman–Crippen LogP) is 2.07. The van der Waals surface area contributed by atoms with Crippen molar-refractivity contribution in [3.63, 3.8) is 0 Å². The van der Waals surface area contributed by atoms with Crippen LogP contribution in [0.1, 0.15) is 18.9 Å². The van der Waals surface area contributed by atoms with Gasteiger partial charge in [0.15, 0.2) is 0 Å². The van der Waals surface area contributed by atoms with Gasteiger partial charge in [0.05, 0.1) is 25.9 Å². The van der Waals surface area contributed by atoms with Crippen LogP contribution in [-0.2, 0) is 20.9 Å². The number of rotatable bonds is 8. The molecule has 104 valence electrons. The molecular formula is C15H20O4. The molecule has 1 N–H and O–H groups in total. The summed E-state index contributed by atoms with van der Waals surface area (Å²) < 4.78 is 10.1. The number of aliphatic hydroxyl groups excluding tert-OH is 1. The maximum atomic E-state index is 11.0. The summed E-state index contributed by atoms with van der Waals surface area (Å²) in [7, 11) is 0. The lowest BCUT2D eigenvalue weighted by molar-refractivity contribution is -0.137. The molecule has 4 nitrogen and oxygen atoms in total. The number of ether oxygens (including phenoxy) is 2. The van der Waals surface area contributed by atoms with E-state index in [9.17, 15) is 9.90 Å². The van der Waals surface area contributed by atoms with Crippen LogP contribution in [0.25, 0.3) is 0 Å². The van der Waals surface area contributed by atoms with Gasteiger partial charge in [0, 0.05) is 6.08 Å². The molecule has 0 fully saturated rings. The van der Waals surface area contributed by atoms with Crippen molar-refractivity contribution in [3.8, 4) is 0 Å². The summed E-state index contributed by atoms with van der Waals surface area (Å²) in [5.41, 5.74) is 1.07. The van der Waals surface area contributed by atoms with Crippen molar-refractivity contribution in [1.82, 2.24) is 0 Å². The molecule has 1 aromatic carbocycles. The van der Waals surface area contributed by atoms with E-state index in [-0.39, 0.29) is 12.6 Å². The Kier molecular flexibility index (Phi) is 7.54. The molecule has 0 radical (unpaired) electrons. The van der Waals surface area contributed by atoms with E-state index in [0.717, 1.165) is 5.56 Å². The highest BCUT2D eigenvalue weighted by Gasteiger charge is 2.02. The van der Waals surface area contributed by atoms with Crippen LogP contribution in [0.3, 0.4) is 0 Å². The lowest BCUT2D eigenvalue weighted by atomic mass is 10.2. The standard InChI is InChI=1S/C15H20O4/c1-2-19-15(17)10-6-9-14(16)12-18-11-13-7-4-3-5-8-13/h3-8,10,14,16H,2,9,11-12H2,1H3/b10-6+. The second-order valence-corrected chi connectivity index (χ2v) is 4.04. The smallest absolute Gasteiger partial charge is 0.330 e. The molecule has 4 heteroatoms. The van der Waals surface area contributed by atoms with Crippen LogP contribution in [0.4, 0.5) is 0 Å². The van der Waals surface area contributed by atoms with Crippen LogP contribution in [0.2, 0.25) is 0 Å². The summed E-state index contributed by atoms with van der Waals surface area (Å²) in [4.78, 5) is 11.0. The fourth-order valence-corrected chi connectivity index (χ4v) is 1.47. The monoisotopic (exact) mass is 264 g/mol. The third-order valence-electron chi connectivity index (χ3n) is 2.37. The molecule has 0 amide bonds. The van der Waals surface area contributed by atoms with E-state index in [1.807, 2.05) is 30.3 Å². The largest absolute Gasteiger partial charge is 0.463 e. The van der Waals surface area contributed by atoms with Crippen molar-refractivity contribution in [2.75, 3.05) is 13.2 Å². The van der Waals surface area contributed by atoms with Gasteiger partial charge in [-0.05, 0) is 18.9 Å². The Morgan fingerprint density at radius 1 is 1.37 bits per heavy atom. The zero-order valence-corrected chi connectivity index (χ0v) is 11.1. The minimum absolute atomic E-state index is 0.238. The summed E-state index contributed by atoms with van der Waals surface area (Å²) in [6.45, 7) is 2.81. The maximum absolute atomic E-state index is 11.0. The third kappa shape index (κ3) is 7.39. The van der Waals surface area contributed by atoms with Crippen molar-refractivity contribution >= 4 is 5.97 Å². The molecular weight excluding hydrogens is 244 g/mol. The SMILES string of the molecule is CCOC(=O)/C=C/CC(O)COCc1ccccc1. The number of carbonyl (C=O) groups excluding carboxylic acids is 1. The molecule has 0 aliphatic rings. The normalized spacial score (nSPS) is 12.5. The number of esters is 1. The number of hydrogen-bond acceptors (Lipinski definition) is 4. The Morgan fingerprint density at radius 2 is 2.11 bits per heavy atom. The van der Waals surface area contributed by atoms with Gasteiger partial charge in [0.1, 0.15) is 0 Å². The van der Waals surface area contributed by atoms with Crippen molar-refractivity contribution in [2.45, 2.75) is 26.1 Å². The van der Waals surface area contributed by atoms with E-state index in [2.05, 4.69) is 0 Å². The average molecular weight is 264 g/mol. The molecule has 19 heavy (non-hydrogen) atoms. The van der Waals surface area contributed by atoms with Gasteiger partial charge in [0.2, 0.25) is 0 Å². The van der Waals surface area contributed by atoms with E-state index >= 15 is 0 Å².